The zero-order chi connectivity index (χ0) is 23.1. The first kappa shape index (κ1) is 28.4. The first-order valence-electron chi connectivity index (χ1n) is 9.31. The van der Waals surface area contributed by atoms with Crippen LogP contribution in [0, 0.1) is 0 Å². The molecule has 2 aliphatic rings. The summed E-state index contributed by atoms with van der Waals surface area (Å²) in [5, 5.41) is 4.15. The van der Waals surface area contributed by atoms with Gasteiger partial charge >= 0.3 is 11.9 Å². The summed E-state index contributed by atoms with van der Waals surface area (Å²) in [5.41, 5.74) is -1.14. The largest absolute Gasteiger partial charge is 0.433 e. The summed E-state index contributed by atoms with van der Waals surface area (Å²) in [6.07, 6.45) is -0.165. The standard InChI is InChI=1S/C10H16N2O4.C7H11N3O4.ClH/c1-4-8(14)16-10(12(3)5-2)6-7(13)11-9(10)15;1-2-5(12)14-7(10-8)3-4(11)9-6(7)13;/h4-6H2,1-3H3,(H,11,13,15);10H,2-3,8H2,1H3,(H,9,11,13);1H. The molecular formula is C17H28ClN5O8. The number of nitrogens with zero attached hydrogens (tertiary/aromatic N) is 1. The molecule has 0 aromatic carbocycles. The van der Waals surface area contributed by atoms with Crippen molar-refractivity contribution in [2.75, 3.05) is 13.6 Å². The number of hydrogen-bond acceptors (Lipinski definition) is 11. The number of nitrogens with two attached hydrogens (primary N) is 1. The lowest BCUT2D eigenvalue weighted by Gasteiger charge is -2.33. The number of hydrogen-bond donors (Lipinski definition) is 4. The molecule has 0 saturated carbocycles. The zero-order valence-electron chi connectivity index (χ0n) is 17.7. The van der Waals surface area contributed by atoms with Crippen LogP contribution in [0.2, 0.25) is 0 Å². The monoisotopic (exact) mass is 465 g/mol. The number of nitrogens with one attached hydrogen (secondary N) is 3. The van der Waals surface area contributed by atoms with Gasteiger partial charge in [0.15, 0.2) is 0 Å². The highest BCUT2D eigenvalue weighted by Gasteiger charge is 2.53. The fraction of sp³-hybridized carbons (Fsp3) is 0.647. The third-order valence-corrected chi connectivity index (χ3v) is 4.51. The molecule has 0 aliphatic carbocycles. The van der Waals surface area contributed by atoms with Crippen LogP contribution in [-0.2, 0) is 38.2 Å². The predicted molar refractivity (Wildman–Crippen MR) is 107 cm³/mol. The molecule has 2 aliphatic heterocycles. The Balaban J connectivity index is 0.000000567. The van der Waals surface area contributed by atoms with Crippen molar-refractivity contribution in [3.05, 3.63) is 0 Å². The lowest BCUT2D eigenvalue weighted by atomic mass is 10.1. The molecule has 2 fully saturated rings. The van der Waals surface area contributed by atoms with Crippen LogP contribution in [0.15, 0.2) is 0 Å². The Morgan fingerprint density at radius 3 is 1.81 bits per heavy atom. The molecule has 0 radical (unpaired) electrons. The Morgan fingerprint density at radius 2 is 1.45 bits per heavy atom. The van der Waals surface area contributed by atoms with Crippen LogP contribution in [-0.4, -0.2) is 65.5 Å². The van der Waals surface area contributed by atoms with Crippen LogP contribution in [0.25, 0.3) is 0 Å². The minimum Gasteiger partial charge on any atom is -0.433 e. The van der Waals surface area contributed by atoms with Crippen molar-refractivity contribution in [3.63, 3.8) is 0 Å². The van der Waals surface area contributed by atoms with Crippen molar-refractivity contribution in [1.29, 1.82) is 0 Å². The molecule has 2 saturated heterocycles. The van der Waals surface area contributed by atoms with Gasteiger partial charge in [-0.15, -0.1) is 12.4 Å². The van der Waals surface area contributed by atoms with E-state index in [0.717, 1.165) is 0 Å². The molecule has 2 rings (SSSR count). The molecule has 31 heavy (non-hydrogen) atoms. The van der Waals surface area contributed by atoms with Crippen molar-refractivity contribution in [2.45, 2.75) is 57.9 Å². The molecule has 14 heteroatoms. The van der Waals surface area contributed by atoms with Crippen LogP contribution < -0.4 is 21.9 Å². The number of likely N-dealkylation sites (N-methyl/N-ethyl adjacent to an activating group) is 1. The molecule has 2 unspecified atom stereocenters. The Kier molecular flexibility index (Phi) is 10.7. The summed E-state index contributed by atoms with van der Waals surface area (Å²) >= 11 is 0. The molecule has 0 aromatic rings. The Morgan fingerprint density at radius 1 is 0.968 bits per heavy atom. The van der Waals surface area contributed by atoms with Gasteiger partial charge in [-0.1, -0.05) is 20.8 Å². The average Bonchev–Trinajstić information content (AvgIpc) is 3.15. The van der Waals surface area contributed by atoms with Crippen LogP contribution in [0.3, 0.4) is 0 Å². The molecule has 2 atom stereocenters. The van der Waals surface area contributed by atoms with E-state index in [-0.39, 0.29) is 38.1 Å². The van der Waals surface area contributed by atoms with Crippen LogP contribution >= 0.6 is 12.4 Å². The van der Waals surface area contributed by atoms with Gasteiger partial charge in [-0.2, -0.15) is 0 Å². The minimum absolute atomic E-state index is 0. The number of hydrazine groups is 1. The van der Waals surface area contributed by atoms with E-state index in [1.807, 2.05) is 17.7 Å². The number of ether oxygens (including phenoxy) is 2. The van der Waals surface area contributed by atoms with Gasteiger partial charge in [0.2, 0.25) is 11.8 Å². The highest BCUT2D eigenvalue weighted by atomic mass is 35.5. The fourth-order valence-electron chi connectivity index (χ4n) is 2.62. The molecule has 5 N–H and O–H groups in total. The van der Waals surface area contributed by atoms with Gasteiger partial charge in [-0.25, -0.2) is 5.43 Å². The topological polar surface area (TPSA) is 186 Å². The predicted octanol–water partition coefficient (Wildman–Crippen LogP) is -1.80. The van der Waals surface area contributed by atoms with Crippen LogP contribution in [0.4, 0.5) is 0 Å². The summed E-state index contributed by atoms with van der Waals surface area (Å²) in [6.45, 7) is 5.52. The van der Waals surface area contributed by atoms with E-state index in [0.29, 0.717) is 6.54 Å². The van der Waals surface area contributed by atoms with E-state index in [1.54, 1.807) is 25.8 Å². The number of imide groups is 2. The number of rotatable bonds is 7. The third-order valence-electron chi connectivity index (χ3n) is 4.51. The third kappa shape index (κ3) is 6.43. The lowest BCUT2D eigenvalue weighted by Crippen LogP contribution is -2.57. The first-order chi connectivity index (χ1) is 14.0. The second-order valence-corrected chi connectivity index (χ2v) is 6.53. The quantitative estimate of drug-likeness (QED) is 0.109. The van der Waals surface area contributed by atoms with E-state index in [9.17, 15) is 28.8 Å². The Hall–Kier alpha value is -2.61. The second kappa shape index (κ2) is 11.7. The molecule has 0 bridgehead atoms. The maximum atomic E-state index is 11.7. The van der Waals surface area contributed by atoms with E-state index in [2.05, 4.69) is 5.32 Å². The van der Waals surface area contributed by atoms with Gasteiger partial charge < -0.3 is 9.47 Å². The highest BCUT2D eigenvalue weighted by molar-refractivity contribution is 6.08. The van der Waals surface area contributed by atoms with Crippen molar-refractivity contribution >= 4 is 48.0 Å². The summed E-state index contributed by atoms with van der Waals surface area (Å²) in [4.78, 5) is 68.9. The number of carbonyl (C=O) groups is 6. The molecule has 13 nitrogen and oxygen atoms in total. The van der Waals surface area contributed by atoms with E-state index >= 15 is 0 Å². The smallest absolute Gasteiger partial charge is 0.307 e. The molecule has 0 aromatic heterocycles. The second-order valence-electron chi connectivity index (χ2n) is 6.53. The van der Waals surface area contributed by atoms with E-state index in [1.165, 1.54) is 0 Å². The van der Waals surface area contributed by atoms with Gasteiger partial charge in [0.05, 0.1) is 12.8 Å². The van der Waals surface area contributed by atoms with Gasteiger partial charge in [-0.05, 0) is 13.6 Å². The van der Waals surface area contributed by atoms with Gasteiger partial charge in [0.25, 0.3) is 23.3 Å². The number of amides is 4. The highest BCUT2D eigenvalue weighted by Crippen LogP contribution is 2.26. The Labute approximate surface area is 185 Å². The van der Waals surface area contributed by atoms with Gasteiger partial charge in [0, 0.05) is 12.8 Å². The van der Waals surface area contributed by atoms with Crippen molar-refractivity contribution in [2.24, 2.45) is 5.84 Å². The molecule has 4 amide bonds. The van der Waals surface area contributed by atoms with Crippen LogP contribution in [0.5, 0.6) is 0 Å². The number of halogens is 1. The maximum absolute atomic E-state index is 11.7. The number of carbonyl (C=O) groups excluding carboxylic acids is 6. The summed E-state index contributed by atoms with van der Waals surface area (Å²) in [7, 11) is 1.64. The molecule has 176 valence electrons. The summed E-state index contributed by atoms with van der Waals surface area (Å²) in [6, 6.07) is 0. The normalized spacial score (nSPS) is 24.6. The summed E-state index contributed by atoms with van der Waals surface area (Å²) < 4.78 is 9.91. The van der Waals surface area contributed by atoms with Crippen molar-refractivity contribution in [3.8, 4) is 0 Å². The summed E-state index contributed by atoms with van der Waals surface area (Å²) in [5.74, 6) is 1.72. The van der Waals surface area contributed by atoms with Crippen LogP contribution in [0.1, 0.15) is 46.5 Å². The minimum atomic E-state index is -1.73. The maximum Gasteiger partial charge on any atom is 0.307 e. The molecule has 2 heterocycles. The SMILES string of the molecule is CCC(=O)OC1(N(C)CC)CC(=O)NC1=O.CCC(=O)OC1(NN)CC(=O)NC1=O.Cl. The lowest BCUT2D eigenvalue weighted by molar-refractivity contribution is -0.185. The van der Waals surface area contributed by atoms with Crippen molar-refractivity contribution in [1.82, 2.24) is 21.0 Å². The zero-order valence-corrected chi connectivity index (χ0v) is 18.6. The fourth-order valence-corrected chi connectivity index (χ4v) is 2.62. The first-order valence-corrected chi connectivity index (χ1v) is 9.31. The van der Waals surface area contributed by atoms with Gasteiger partial charge in [0.1, 0.15) is 0 Å². The molecule has 0 spiro atoms. The van der Waals surface area contributed by atoms with Crippen molar-refractivity contribution < 1.29 is 38.2 Å². The Bertz CT molecular complexity index is 748. The number of esters is 2. The molecular weight excluding hydrogens is 438 g/mol. The van der Waals surface area contributed by atoms with E-state index in [4.69, 9.17) is 15.3 Å². The average molecular weight is 466 g/mol. The van der Waals surface area contributed by atoms with Gasteiger partial charge in [-0.3, -0.25) is 50.1 Å². The van der Waals surface area contributed by atoms with E-state index < -0.39 is 47.0 Å².